The van der Waals surface area contributed by atoms with E-state index in [1.807, 2.05) is 12.1 Å². The number of aromatic nitrogens is 1. The van der Waals surface area contributed by atoms with E-state index in [-0.39, 0.29) is 10.6 Å². The monoisotopic (exact) mass is 327 g/mol. The minimum atomic E-state index is -0.303. The summed E-state index contributed by atoms with van der Waals surface area (Å²) in [4.78, 5) is 17.6. The predicted molar refractivity (Wildman–Crippen MR) is 94.1 cm³/mol. The number of hydrogen-bond donors (Lipinski definition) is 1. The van der Waals surface area contributed by atoms with Gasteiger partial charge in [0.2, 0.25) is 0 Å². The van der Waals surface area contributed by atoms with Gasteiger partial charge in [0, 0.05) is 37.8 Å². The predicted octanol–water partition coefficient (Wildman–Crippen LogP) is 2.13. The minimum Gasteiger partial charge on any atom is -0.427 e. The highest BCUT2D eigenvalue weighted by atomic mass is 16.6. The fourth-order valence-electron chi connectivity index (χ4n) is 3.17. The summed E-state index contributed by atoms with van der Waals surface area (Å²) in [5.41, 5.74) is 1.61. The molecule has 2 heterocycles. The molecule has 1 aromatic carbocycles. The SMILES string of the molecule is CO[B]NCC1CCN(c2cc3ncccc3cc2[N+](=O)[O-])CC1. The molecule has 1 saturated heterocycles. The number of fused-ring (bicyclic) bond motifs is 1. The number of pyridine rings is 1. The Bertz CT molecular complexity index is 720. The maximum Gasteiger partial charge on any atom is 0.395 e. The lowest BCUT2D eigenvalue weighted by molar-refractivity contribution is -0.384. The summed E-state index contributed by atoms with van der Waals surface area (Å²) < 4.78 is 4.88. The zero-order valence-corrected chi connectivity index (χ0v) is 13.6. The normalized spacial score (nSPS) is 15.6. The van der Waals surface area contributed by atoms with Gasteiger partial charge in [0.25, 0.3) is 5.69 Å². The Hall–Kier alpha value is -2.19. The van der Waals surface area contributed by atoms with Crippen LogP contribution >= 0.6 is 0 Å². The standard InChI is InChI=1S/C16H20BN4O3/c1-24-17-19-11-12-4-7-20(8-5-12)15-10-14-13(3-2-6-18-14)9-16(15)21(22)23/h2-3,6,9-10,12,19H,4-5,7-8,11H2,1H3. The van der Waals surface area contributed by atoms with E-state index in [1.54, 1.807) is 33.1 Å². The molecule has 0 aliphatic carbocycles. The lowest BCUT2D eigenvalue weighted by atomic mass is 9.95. The van der Waals surface area contributed by atoms with Gasteiger partial charge in [-0.15, -0.1) is 0 Å². The molecule has 1 N–H and O–H groups in total. The first-order valence-electron chi connectivity index (χ1n) is 8.05. The van der Waals surface area contributed by atoms with Crippen LogP contribution in [0.25, 0.3) is 10.9 Å². The fraction of sp³-hybridized carbons (Fsp3) is 0.438. The van der Waals surface area contributed by atoms with Crippen molar-refractivity contribution in [2.45, 2.75) is 12.8 Å². The summed E-state index contributed by atoms with van der Waals surface area (Å²) in [5.74, 6) is 0.547. The third-order valence-corrected chi connectivity index (χ3v) is 4.46. The molecule has 7 nitrogen and oxygen atoms in total. The van der Waals surface area contributed by atoms with Gasteiger partial charge in [0.05, 0.1) is 10.4 Å². The minimum absolute atomic E-state index is 0.153. The van der Waals surface area contributed by atoms with Crippen molar-refractivity contribution in [3.8, 4) is 0 Å². The number of benzene rings is 1. The zero-order chi connectivity index (χ0) is 16.9. The highest BCUT2D eigenvalue weighted by molar-refractivity contribution is 6.23. The van der Waals surface area contributed by atoms with Gasteiger partial charge in [-0.2, -0.15) is 0 Å². The topological polar surface area (TPSA) is 80.5 Å². The molecule has 0 bridgehead atoms. The van der Waals surface area contributed by atoms with Crippen molar-refractivity contribution in [2.75, 3.05) is 31.6 Å². The lowest BCUT2D eigenvalue weighted by Crippen LogP contribution is -2.38. The van der Waals surface area contributed by atoms with E-state index in [1.165, 1.54) is 0 Å². The zero-order valence-electron chi connectivity index (χ0n) is 13.6. The summed E-state index contributed by atoms with van der Waals surface area (Å²) in [5, 5.41) is 15.4. The molecule has 8 heteroatoms. The van der Waals surface area contributed by atoms with Crippen molar-refractivity contribution in [3.05, 3.63) is 40.6 Å². The highest BCUT2D eigenvalue weighted by Gasteiger charge is 2.25. The Labute approximate surface area is 141 Å². The van der Waals surface area contributed by atoms with Crippen LogP contribution in [0.5, 0.6) is 0 Å². The summed E-state index contributed by atoms with van der Waals surface area (Å²) in [6.07, 6.45) is 3.69. The van der Waals surface area contributed by atoms with Crippen molar-refractivity contribution in [2.24, 2.45) is 5.92 Å². The van der Waals surface area contributed by atoms with E-state index >= 15 is 0 Å². The molecule has 2 aromatic rings. The maximum absolute atomic E-state index is 11.5. The van der Waals surface area contributed by atoms with E-state index in [0.717, 1.165) is 43.4 Å². The highest BCUT2D eigenvalue weighted by Crippen LogP contribution is 2.34. The van der Waals surface area contributed by atoms with Crippen molar-refractivity contribution in [1.82, 2.24) is 10.2 Å². The van der Waals surface area contributed by atoms with Crippen LogP contribution < -0.4 is 10.1 Å². The van der Waals surface area contributed by atoms with Crippen molar-refractivity contribution in [3.63, 3.8) is 0 Å². The van der Waals surface area contributed by atoms with Crippen LogP contribution in [0.15, 0.2) is 30.5 Å². The van der Waals surface area contributed by atoms with Crippen molar-refractivity contribution >= 4 is 29.9 Å². The van der Waals surface area contributed by atoms with Gasteiger partial charge in [-0.3, -0.25) is 15.1 Å². The Kier molecular flexibility index (Phi) is 5.27. The number of nitro benzene ring substituents is 1. The number of hydrogen-bond acceptors (Lipinski definition) is 6. The van der Waals surface area contributed by atoms with Crippen LogP contribution in [-0.2, 0) is 4.65 Å². The number of piperidine rings is 1. The Morgan fingerprint density at radius 2 is 2.25 bits per heavy atom. The molecule has 1 aliphatic rings. The number of anilines is 1. The van der Waals surface area contributed by atoms with Gasteiger partial charge < -0.3 is 14.8 Å². The molecule has 0 spiro atoms. The van der Waals surface area contributed by atoms with E-state index in [0.29, 0.717) is 11.6 Å². The van der Waals surface area contributed by atoms with Crippen LogP contribution in [0, 0.1) is 16.0 Å². The molecule has 1 aliphatic heterocycles. The van der Waals surface area contributed by atoms with Crippen LogP contribution in [0.3, 0.4) is 0 Å². The van der Waals surface area contributed by atoms with Crippen molar-refractivity contribution < 1.29 is 9.58 Å². The van der Waals surface area contributed by atoms with Gasteiger partial charge in [0.1, 0.15) is 5.69 Å². The molecule has 125 valence electrons. The molecule has 24 heavy (non-hydrogen) atoms. The van der Waals surface area contributed by atoms with Crippen LogP contribution in [0.4, 0.5) is 11.4 Å². The third kappa shape index (κ3) is 3.65. The summed E-state index contributed by atoms with van der Waals surface area (Å²) in [6, 6.07) is 7.11. The quantitative estimate of drug-likeness (QED) is 0.379. The van der Waals surface area contributed by atoms with Gasteiger partial charge >= 0.3 is 7.62 Å². The van der Waals surface area contributed by atoms with Gasteiger partial charge in [-0.1, -0.05) is 6.07 Å². The second-order valence-electron chi connectivity index (χ2n) is 5.99. The molecule has 0 saturated carbocycles. The van der Waals surface area contributed by atoms with Crippen LogP contribution in [0.1, 0.15) is 12.8 Å². The molecule has 1 aromatic heterocycles. The first-order valence-corrected chi connectivity index (χ1v) is 8.05. The van der Waals surface area contributed by atoms with E-state index in [4.69, 9.17) is 4.65 Å². The first kappa shape index (κ1) is 16.7. The van der Waals surface area contributed by atoms with E-state index in [2.05, 4.69) is 15.1 Å². The second kappa shape index (κ2) is 7.59. The summed E-state index contributed by atoms with van der Waals surface area (Å²) in [7, 11) is 3.20. The average molecular weight is 327 g/mol. The van der Waals surface area contributed by atoms with Crippen LogP contribution in [0.2, 0.25) is 0 Å². The number of nitrogens with one attached hydrogen (secondary N) is 1. The van der Waals surface area contributed by atoms with Crippen molar-refractivity contribution in [1.29, 1.82) is 0 Å². The van der Waals surface area contributed by atoms with Gasteiger partial charge in [-0.25, -0.2) is 0 Å². The Balaban J connectivity index is 1.77. The second-order valence-corrected chi connectivity index (χ2v) is 5.99. The average Bonchev–Trinajstić information content (AvgIpc) is 2.61. The number of rotatable bonds is 6. The van der Waals surface area contributed by atoms with E-state index in [9.17, 15) is 10.1 Å². The number of nitrogens with zero attached hydrogens (tertiary/aromatic N) is 3. The summed E-state index contributed by atoms with van der Waals surface area (Å²) in [6.45, 7) is 2.47. The van der Waals surface area contributed by atoms with Crippen LogP contribution in [-0.4, -0.2) is 44.3 Å². The third-order valence-electron chi connectivity index (χ3n) is 4.46. The molecular formula is C16H20BN4O3. The number of nitro groups is 1. The lowest BCUT2D eigenvalue weighted by Gasteiger charge is -2.33. The first-order chi connectivity index (χ1) is 11.7. The summed E-state index contributed by atoms with van der Waals surface area (Å²) >= 11 is 0. The maximum atomic E-state index is 11.5. The van der Waals surface area contributed by atoms with Gasteiger partial charge in [-0.05, 0) is 37.4 Å². The molecule has 0 unspecified atom stereocenters. The molecule has 0 atom stereocenters. The largest absolute Gasteiger partial charge is 0.427 e. The molecule has 0 amide bonds. The molecular weight excluding hydrogens is 307 g/mol. The molecule has 3 rings (SSSR count). The Morgan fingerprint density at radius 1 is 1.46 bits per heavy atom. The molecule has 1 fully saturated rings. The van der Waals surface area contributed by atoms with E-state index < -0.39 is 0 Å². The fourth-order valence-corrected chi connectivity index (χ4v) is 3.17. The van der Waals surface area contributed by atoms with Gasteiger partial charge in [0.15, 0.2) is 0 Å². The smallest absolute Gasteiger partial charge is 0.395 e. The molecule has 1 radical (unpaired) electrons. The Morgan fingerprint density at radius 3 is 2.96 bits per heavy atom.